The van der Waals surface area contributed by atoms with Crippen LogP contribution in [0.25, 0.3) is 0 Å². The van der Waals surface area contributed by atoms with Gasteiger partial charge in [0.25, 0.3) is 0 Å². The van der Waals surface area contributed by atoms with Gasteiger partial charge in [0.2, 0.25) is 0 Å². The standard InChI is InChI=1S/C13H19NO2/c1-8-4-5-11(14)10-7-13(16-3)12(15-2)6-9(8)10/h6-8,11H,4-5,14H2,1-3H3/t8?,11-/m0/s1. The third-order valence-electron chi connectivity index (χ3n) is 3.43. The van der Waals surface area contributed by atoms with Gasteiger partial charge in [-0.15, -0.1) is 0 Å². The van der Waals surface area contributed by atoms with Crippen LogP contribution in [0.5, 0.6) is 11.5 Å². The number of hydrogen-bond acceptors (Lipinski definition) is 3. The van der Waals surface area contributed by atoms with Crippen LogP contribution in [-0.4, -0.2) is 14.2 Å². The molecule has 0 saturated carbocycles. The molecule has 2 atom stereocenters. The van der Waals surface area contributed by atoms with Gasteiger partial charge >= 0.3 is 0 Å². The number of rotatable bonds is 2. The highest BCUT2D eigenvalue weighted by Crippen LogP contribution is 2.41. The third kappa shape index (κ3) is 1.76. The van der Waals surface area contributed by atoms with E-state index in [2.05, 4.69) is 13.0 Å². The molecule has 3 nitrogen and oxygen atoms in total. The van der Waals surface area contributed by atoms with E-state index >= 15 is 0 Å². The summed E-state index contributed by atoms with van der Waals surface area (Å²) in [7, 11) is 3.32. The predicted octanol–water partition coefficient (Wildman–Crippen LogP) is 2.60. The zero-order valence-electron chi connectivity index (χ0n) is 10.1. The Morgan fingerprint density at radius 1 is 1.06 bits per heavy atom. The second-order valence-electron chi connectivity index (χ2n) is 4.42. The number of benzene rings is 1. The Morgan fingerprint density at radius 2 is 1.62 bits per heavy atom. The lowest BCUT2D eigenvalue weighted by Crippen LogP contribution is -2.19. The first-order valence-corrected chi connectivity index (χ1v) is 5.68. The number of hydrogen-bond donors (Lipinski definition) is 1. The lowest BCUT2D eigenvalue weighted by molar-refractivity contribution is 0.352. The average Bonchev–Trinajstić information content (AvgIpc) is 2.32. The molecule has 1 aliphatic carbocycles. The summed E-state index contributed by atoms with van der Waals surface area (Å²) in [6.45, 7) is 2.23. The maximum absolute atomic E-state index is 6.13. The summed E-state index contributed by atoms with van der Waals surface area (Å²) < 4.78 is 10.6. The molecule has 2 N–H and O–H groups in total. The minimum Gasteiger partial charge on any atom is -0.493 e. The van der Waals surface area contributed by atoms with Crippen LogP contribution < -0.4 is 15.2 Å². The molecule has 3 heteroatoms. The van der Waals surface area contributed by atoms with Crippen molar-refractivity contribution in [2.75, 3.05) is 14.2 Å². The van der Waals surface area contributed by atoms with E-state index < -0.39 is 0 Å². The molecule has 1 unspecified atom stereocenters. The van der Waals surface area contributed by atoms with Crippen LogP contribution in [0.15, 0.2) is 12.1 Å². The van der Waals surface area contributed by atoms with E-state index in [-0.39, 0.29) is 6.04 Å². The SMILES string of the molecule is COc1cc2c(cc1OC)[C@@H](N)CCC2C. The monoisotopic (exact) mass is 221 g/mol. The second kappa shape index (κ2) is 4.34. The molecule has 0 radical (unpaired) electrons. The first kappa shape index (κ1) is 11.3. The molecule has 0 saturated heterocycles. The fourth-order valence-electron chi connectivity index (χ4n) is 2.40. The lowest BCUT2D eigenvalue weighted by Gasteiger charge is -2.28. The van der Waals surface area contributed by atoms with Gasteiger partial charge in [0.05, 0.1) is 14.2 Å². The molecule has 16 heavy (non-hydrogen) atoms. The Kier molecular flexibility index (Phi) is 3.06. The molecule has 88 valence electrons. The van der Waals surface area contributed by atoms with Gasteiger partial charge in [0.1, 0.15) is 0 Å². The first-order chi connectivity index (χ1) is 7.67. The molecule has 2 rings (SSSR count). The molecule has 1 aromatic rings. The van der Waals surface area contributed by atoms with Gasteiger partial charge in [-0.1, -0.05) is 6.92 Å². The summed E-state index contributed by atoms with van der Waals surface area (Å²) in [6, 6.07) is 4.22. The Hall–Kier alpha value is -1.22. The fraction of sp³-hybridized carbons (Fsp3) is 0.538. The van der Waals surface area contributed by atoms with Crippen molar-refractivity contribution in [1.29, 1.82) is 0 Å². The molecule has 0 aliphatic heterocycles. The van der Waals surface area contributed by atoms with Crippen molar-refractivity contribution in [3.8, 4) is 11.5 Å². The molecule has 0 bridgehead atoms. The summed E-state index contributed by atoms with van der Waals surface area (Å²) in [5.74, 6) is 2.11. The van der Waals surface area contributed by atoms with Crippen molar-refractivity contribution in [1.82, 2.24) is 0 Å². The topological polar surface area (TPSA) is 44.5 Å². The van der Waals surface area contributed by atoms with E-state index in [0.717, 1.165) is 24.3 Å². The van der Waals surface area contributed by atoms with E-state index in [1.54, 1.807) is 14.2 Å². The normalized spacial score (nSPS) is 23.8. The number of ether oxygens (including phenoxy) is 2. The van der Waals surface area contributed by atoms with Gasteiger partial charge in [0, 0.05) is 6.04 Å². The highest BCUT2D eigenvalue weighted by Gasteiger charge is 2.24. The highest BCUT2D eigenvalue weighted by atomic mass is 16.5. The predicted molar refractivity (Wildman–Crippen MR) is 64.1 cm³/mol. The van der Waals surface area contributed by atoms with Crippen LogP contribution in [0.4, 0.5) is 0 Å². The molecule has 1 aromatic carbocycles. The van der Waals surface area contributed by atoms with Gasteiger partial charge in [-0.3, -0.25) is 0 Å². The molecule has 1 aliphatic rings. The van der Waals surface area contributed by atoms with E-state index in [9.17, 15) is 0 Å². The van der Waals surface area contributed by atoms with E-state index in [4.69, 9.17) is 15.2 Å². The minimum atomic E-state index is 0.131. The highest BCUT2D eigenvalue weighted by molar-refractivity contribution is 5.50. The third-order valence-corrected chi connectivity index (χ3v) is 3.43. The van der Waals surface area contributed by atoms with Crippen LogP contribution in [0.1, 0.15) is 42.9 Å². The summed E-state index contributed by atoms with van der Waals surface area (Å²) in [6.07, 6.45) is 2.19. The fourth-order valence-corrected chi connectivity index (χ4v) is 2.40. The van der Waals surface area contributed by atoms with Crippen molar-refractivity contribution in [3.05, 3.63) is 23.3 Å². The van der Waals surface area contributed by atoms with Crippen molar-refractivity contribution in [2.24, 2.45) is 5.73 Å². The molecular weight excluding hydrogens is 202 g/mol. The molecular formula is C13H19NO2. The van der Waals surface area contributed by atoms with Crippen molar-refractivity contribution in [3.63, 3.8) is 0 Å². The molecule has 0 heterocycles. The van der Waals surface area contributed by atoms with Crippen molar-refractivity contribution >= 4 is 0 Å². The van der Waals surface area contributed by atoms with E-state index in [1.807, 2.05) is 6.07 Å². The average molecular weight is 221 g/mol. The smallest absolute Gasteiger partial charge is 0.161 e. The van der Waals surface area contributed by atoms with Crippen LogP contribution in [0.2, 0.25) is 0 Å². The van der Waals surface area contributed by atoms with Crippen LogP contribution in [-0.2, 0) is 0 Å². The Balaban J connectivity index is 2.53. The quantitative estimate of drug-likeness (QED) is 0.834. The molecule has 0 spiro atoms. The second-order valence-corrected chi connectivity index (χ2v) is 4.42. The molecule has 0 amide bonds. The molecule has 0 fully saturated rings. The van der Waals surface area contributed by atoms with Gasteiger partial charge in [-0.2, -0.15) is 0 Å². The largest absolute Gasteiger partial charge is 0.493 e. The van der Waals surface area contributed by atoms with Crippen LogP contribution in [0.3, 0.4) is 0 Å². The van der Waals surface area contributed by atoms with Gasteiger partial charge < -0.3 is 15.2 Å². The van der Waals surface area contributed by atoms with E-state index in [1.165, 1.54) is 11.1 Å². The zero-order valence-corrected chi connectivity index (χ0v) is 10.1. The lowest BCUT2D eigenvalue weighted by atomic mass is 9.81. The van der Waals surface area contributed by atoms with Crippen LogP contribution >= 0.6 is 0 Å². The molecule has 0 aromatic heterocycles. The maximum Gasteiger partial charge on any atom is 0.161 e. The van der Waals surface area contributed by atoms with Crippen molar-refractivity contribution < 1.29 is 9.47 Å². The first-order valence-electron chi connectivity index (χ1n) is 5.68. The maximum atomic E-state index is 6.13. The Labute approximate surface area is 96.5 Å². The Bertz CT molecular complexity index is 353. The van der Waals surface area contributed by atoms with E-state index in [0.29, 0.717) is 5.92 Å². The Morgan fingerprint density at radius 3 is 2.19 bits per heavy atom. The van der Waals surface area contributed by atoms with Gasteiger partial charge in [-0.25, -0.2) is 0 Å². The number of fused-ring (bicyclic) bond motifs is 1. The van der Waals surface area contributed by atoms with Gasteiger partial charge in [0.15, 0.2) is 11.5 Å². The zero-order chi connectivity index (χ0) is 11.7. The van der Waals surface area contributed by atoms with Gasteiger partial charge in [-0.05, 0) is 42.0 Å². The number of methoxy groups -OCH3 is 2. The number of nitrogens with two attached hydrogens (primary N) is 1. The van der Waals surface area contributed by atoms with Crippen molar-refractivity contribution in [2.45, 2.75) is 31.7 Å². The summed E-state index contributed by atoms with van der Waals surface area (Å²) in [4.78, 5) is 0. The summed E-state index contributed by atoms with van der Waals surface area (Å²) >= 11 is 0. The summed E-state index contributed by atoms with van der Waals surface area (Å²) in [5, 5.41) is 0. The summed E-state index contributed by atoms with van der Waals surface area (Å²) in [5.41, 5.74) is 8.63. The van der Waals surface area contributed by atoms with Crippen LogP contribution in [0, 0.1) is 0 Å². The minimum absolute atomic E-state index is 0.131.